The zero-order valence-corrected chi connectivity index (χ0v) is 3.85. The molecule has 36 valence electrons. The van der Waals surface area contributed by atoms with E-state index in [4.69, 9.17) is 4.79 Å². The molecule has 0 aliphatic rings. The van der Waals surface area contributed by atoms with Crippen molar-refractivity contribution in [1.29, 1.82) is 0 Å². The van der Waals surface area contributed by atoms with Crippen LogP contribution in [0.15, 0.2) is 12.7 Å². The monoisotopic (exact) mass is 87.1 g/mol. The van der Waals surface area contributed by atoms with Gasteiger partial charge in [-0.25, -0.2) is 0 Å². The van der Waals surface area contributed by atoms with Crippen LogP contribution in [0, 0.1) is 0 Å². The first kappa shape index (κ1) is 9.03. The van der Waals surface area contributed by atoms with Crippen molar-refractivity contribution in [3.8, 4) is 0 Å². The number of carbonyl (C=O) groups excluding carboxylic acids is 1. The van der Waals surface area contributed by atoms with E-state index in [1.807, 2.05) is 0 Å². The summed E-state index contributed by atoms with van der Waals surface area (Å²) in [6.45, 7) is 3.11. The summed E-state index contributed by atoms with van der Waals surface area (Å²) in [7, 11) is 1.50. The topological polar surface area (TPSA) is 43.1 Å². The molecule has 0 atom stereocenters. The Bertz CT molecular complexity index is 28.5. The number of hydrogen-bond donors (Lipinski definition) is 1. The zero-order chi connectivity index (χ0) is 5.41. The Morgan fingerprint density at radius 1 is 1.67 bits per heavy atom. The molecule has 0 saturated heterocycles. The molecule has 0 rings (SSSR count). The fourth-order valence-electron chi connectivity index (χ4n) is 0. The molecule has 0 fully saturated rings. The Labute approximate surface area is 37.7 Å². The fourth-order valence-corrected chi connectivity index (χ4v) is 0. The van der Waals surface area contributed by atoms with Crippen LogP contribution in [0.25, 0.3) is 0 Å². The Balaban J connectivity index is 0. The molecule has 0 heterocycles. The third-order valence-electron chi connectivity index (χ3n) is 0.0962. The van der Waals surface area contributed by atoms with Crippen LogP contribution in [0.1, 0.15) is 0 Å². The second-order valence-electron chi connectivity index (χ2n) is 0.372. The summed E-state index contributed by atoms with van der Waals surface area (Å²) < 4.78 is 0. The molecule has 0 aromatic carbocycles. The van der Waals surface area contributed by atoms with Crippen LogP contribution in [0.4, 0.5) is 0 Å². The number of carbonyl (C=O) groups is 1. The summed E-state index contributed by atoms with van der Waals surface area (Å²) in [5.41, 5.74) is 4.50. The van der Waals surface area contributed by atoms with Crippen LogP contribution in [0.3, 0.4) is 0 Å². The minimum absolute atomic E-state index is 0.639. The minimum atomic E-state index is 0.639. The Morgan fingerprint density at radius 3 is 1.83 bits per heavy atom. The second kappa shape index (κ2) is 26.4. The van der Waals surface area contributed by atoms with Crippen molar-refractivity contribution in [3.63, 3.8) is 0 Å². The summed E-state index contributed by atoms with van der Waals surface area (Å²) in [5, 5.41) is 0. The van der Waals surface area contributed by atoms with E-state index in [0.717, 1.165) is 0 Å². The van der Waals surface area contributed by atoms with E-state index < -0.39 is 0 Å². The van der Waals surface area contributed by atoms with Gasteiger partial charge in [-0.1, -0.05) is 6.58 Å². The van der Waals surface area contributed by atoms with Crippen LogP contribution in [0.2, 0.25) is 0 Å². The lowest BCUT2D eigenvalue weighted by Gasteiger charge is -1.37. The summed E-state index contributed by atoms with van der Waals surface area (Å²) in [6, 6.07) is 0. The number of hydrogen-bond acceptors (Lipinski definition) is 2. The molecule has 0 amide bonds. The highest BCUT2D eigenvalue weighted by Crippen LogP contribution is 1.35. The number of rotatable bonds is 1. The average Bonchev–Trinajstić information content (AvgIpc) is 1.72. The van der Waals surface area contributed by atoms with Gasteiger partial charge in [-0.3, -0.25) is 4.79 Å². The van der Waals surface area contributed by atoms with Gasteiger partial charge >= 0.3 is 0 Å². The van der Waals surface area contributed by atoms with Gasteiger partial charge in [0.2, 0.25) is 0 Å². The van der Waals surface area contributed by atoms with Crippen molar-refractivity contribution < 1.29 is 4.79 Å². The van der Waals surface area contributed by atoms with Crippen LogP contribution in [0.5, 0.6) is 0 Å². The number of allylic oxidation sites excluding steroid dienone is 1. The van der Waals surface area contributed by atoms with Gasteiger partial charge in [-0.2, -0.15) is 0 Å². The molecule has 0 saturated carbocycles. The van der Waals surface area contributed by atoms with Gasteiger partial charge in [-0.05, 0) is 13.1 Å². The first-order valence-corrected chi connectivity index (χ1v) is 1.55. The van der Waals surface area contributed by atoms with E-state index in [0.29, 0.717) is 6.29 Å². The molecule has 0 aromatic heterocycles. The molecule has 2 N–H and O–H groups in total. The van der Waals surface area contributed by atoms with E-state index in [1.54, 1.807) is 0 Å². The number of aldehydes is 1. The van der Waals surface area contributed by atoms with Gasteiger partial charge in [-0.15, -0.1) is 0 Å². The lowest BCUT2D eigenvalue weighted by atomic mass is 10.8. The van der Waals surface area contributed by atoms with Gasteiger partial charge in [0.1, 0.15) is 6.29 Å². The molecule has 0 unspecified atom stereocenters. The minimum Gasteiger partial charge on any atom is -0.333 e. The van der Waals surface area contributed by atoms with Gasteiger partial charge < -0.3 is 5.73 Å². The third kappa shape index (κ3) is 138. The standard InChI is InChI=1S/C3H4O.CH5N/c1-2-3-4;1-2/h2-3H,1H2;2H2,1H3. The average molecular weight is 87.1 g/mol. The van der Waals surface area contributed by atoms with E-state index in [-0.39, 0.29) is 0 Å². The maximum absolute atomic E-state index is 9.06. The van der Waals surface area contributed by atoms with Gasteiger partial charge in [0, 0.05) is 0 Å². The van der Waals surface area contributed by atoms with E-state index in [2.05, 4.69) is 12.3 Å². The lowest BCUT2D eigenvalue weighted by molar-refractivity contribution is -0.104. The fraction of sp³-hybridized carbons (Fsp3) is 0.250. The third-order valence-corrected chi connectivity index (χ3v) is 0.0962. The highest BCUT2D eigenvalue weighted by atomic mass is 16.1. The molecule has 0 aromatic rings. The smallest absolute Gasteiger partial charge is 0.142 e. The SMILES string of the molecule is C=CC=O.CN. The predicted molar refractivity (Wildman–Crippen MR) is 26.4 cm³/mol. The molecule has 0 radical (unpaired) electrons. The van der Waals surface area contributed by atoms with Gasteiger partial charge in [0.25, 0.3) is 0 Å². The molecule has 0 spiro atoms. The van der Waals surface area contributed by atoms with Crippen LogP contribution in [-0.2, 0) is 4.79 Å². The molecular formula is C4H9NO. The first-order chi connectivity index (χ1) is 2.91. The summed E-state index contributed by atoms with van der Waals surface area (Å²) >= 11 is 0. The molecule has 6 heavy (non-hydrogen) atoms. The van der Waals surface area contributed by atoms with Crippen molar-refractivity contribution in [2.75, 3.05) is 7.05 Å². The van der Waals surface area contributed by atoms with Crippen molar-refractivity contribution in [1.82, 2.24) is 0 Å². The van der Waals surface area contributed by atoms with Crippen molar-refractivity contribution in [2.24, 2.45) is 5.73 Å². The Kier molecular flexibility index (Phi) is 39.8. The largest absolute Gasteiger partial charge is 0.333 e. The summed E-state index contributed by atoms with van der Waals surface area (Å²) in [5.74, 6) is 0. The second-order valence-corrected chi connectivity index (χ2v) is 0.372. The highest BCUT2D eigenvalue weighted by Gasteiger charge is 1.38. The van der Waals surface area contributed by atoms with Crippen LogP contribution < -0.4 is 5.73 Å². The van der Waals surface area contributed by atoms with E-state index in [9.17, 15) is 0 Å². The van der Waals surface area contributed by atoms with E-state index >= 15 is 0 Å². The summed E-state index contributed by atoms with van der Waals surface area (Å²) in [6.07, 6.45) is 1.83. The predicted octanol–water partition coefficient (Wildman–Crippen LogP) is -0.0538. The zero-order valence-electron chi connectivity index (χ0n) is 3.85. The molecule has 2 nitrogen and oxygen atoms in total. The first-order valence-electron chi connectivity index (χ1n) is 1.55. The van der Waals surface area contributed by atoms with Crippen molar-refractivity contribution >= 4 is 6.29 Å². The van der Waals surface area contributed by atoms with Crippen molar-refractivity contribution in [3.05, 3.63) is 12.7 Å². The van der Waals surface area contributed by atoms with Crippen LogP contribution >= 0.6 is 0 Å². The molecular weight excluding hydrogens is 78.1 g/mol. The maximum atomic E-state index is 9.06. The maximum Gasteiger partial charge on any atom is 0.142 e. The Hall–Kier alpha value is -0.630. The van der Waals surface area contributed by atoms with E-state index in [1.165, 1.54) is 13.1 Å². The summed E-state index contributed by atoms with van der Waals surface area (Å²) in [4.78, 5) is 9.06. The Morgan fingerprint density at radius 2 is 1.83 bits per heavy atom. The molecule has 0 aliphatic carbocycles. The van der Waals surface area contributed by atoms with Crippen LogP contribution in [-0.4, -0.2) is 13.3 Å². The van der Waals surface area contributed by atoms with Gasteiger partial charge in [0.05, 0.1) is 0 Å². The quantitative estimate of drug-likeness (QED) is 0.360. The van der Waals surface area contributed by atoms with Gasteiger partial charge in [0.15, 0.2) is 0 Å². The normalized spacial score (nSPS) is 4.33. The number of nitrogens with two attached hydrogens (primary N) is 1. The lowest BCUT2D eigenvalue weighted by Crippen LogP contribution is -1.69. The highest BCUT2D eigenvalue weighted by molar-refractivity contribution is 5.63. The molecule has 2 heteroatoms. The molecule has 0 bridgehead atoms. The molecule has 0 aliphatic heterocycles. The van der Waals surface area contributed by atoms with Crippen molar-refractivity contribution in [2.45, 2.75) is 0 Å².